The molecule has 0 radical (unpaired) electrons. The van der Waals surface area contributed by atoms with E-state index in [4.69, 9.17) is 0 Å². The van der Waals surface area contributed by atoms with Gasteiger partial charge in [0.2, 0.25) is 0 Å². The van der Waals surface area contributed by atoms with E-state index in [0.717, 1.165) is 16.7 Å². The van der Waals surface area contributed by atoms with Gasteiger partial charge in [0.1, 0.15) is 0 Å². The standard InChI is InChI=1S/C22H20N2O2S/c1-18-12-15-21(16-13-18)27(25,26)24-23-22(20-10-6-3-7-11-20)17-14-19-8-4-2-5-9-19/h2-17,24H,1H3. The molecule has 0 fully saturated rings. The first-order valence-corrected chi connectivity index (χ1v) is 9.98. The number of hydrogen-bond acceptors (Lipinski definition) is 3. The van der Waals surface area contributed by atoms with Crippen LogP contribution in [0.25, 0.3) is 6.08 Å². The lowest BCUT2D eigenvalue weighted by Gasteiger charge is -2.06. The van der Waals surface area contributed by atoms with Gasteiger partial charge in [0, 0.05) is 5.56 Å². The molecule has 3 rings (SSSR count). The lowest BCUT2D eigenvalue weighted by Crippen LogP contribution is -2.20. The van der Waals surface area contributed by atoms with Gasteiger partial charge in [0.15, 0.2) is 0 Å². The molecule has 0 saturated heterocycles. The zero-order valence-electron chi connectivity index (χ0n) is 14.9. The molecule has 136 valence electrons. The molecular weight excluding hydrogens is 356 g/mol. The van der Waals surface area contributed by atoms with E-state index in [1.165, 1.54) is 0 Å². The summed E-state index contributed by atoms with van der Waals surface area (Å²) in [7, 11) is -3.73. The summed E-state index contributed by atoms with van der Waals surface area (Å²) in [4.78, 5) is 2.52. The predicted molar refractivity (Wildman–Crippen MR) is 110 cm³/mol. The van der Waals surface area contributed by atoms with Gasteiger partial charge in [0.25, 0.3) is 10.0 Å². The third kappa shape index (κ3) is 5.15. The Morgan fingerprint density at radius 2 is 1.44 bits per heavy atom. The molecule has 3 aromatic rings. The number of rotatable bonds is 6. The summed E-state index contributed by atoms with van der Waals surface area (Å²) in [6.07, 6.45) is 3.69. The van der Waals surface area contributed by atoms with Crippen LogP contribution in [0.4, 0.5) is 0 Å². The topological polar surface area (TPSA) is 58.5 Å². The number of sulfonamides is 1. The van der Waals surface area contributed by atoms with Gasteiger partial charge >= 0.3 is 0 Å². The molecule has 0 aromatic heterocycles. The van der Waals surface area contributed by atoms with Crippen LogP contribution in [-0.2, 0) is 10.0 Å². The summed E-state index contributed by atoms with van der Waals surface area (Å²) in [6, 6.07) is 25.8. The maximum atomic E-state index is 12.5. The second kappa shape index (κ2) is 8.47. The smallest absolute Gasteiger partial charge is 0.200 e. The molecule has 0 heterocycles. The summed E-state index contributed by atoms with van der Waals surface area (Å²) in [5.74, 6) is 0. The Morgan fingerprint density at radius 3 is 2.07 bits per heavy atom. The highest BCUT2D eigenvalue weighted by atomic mass is 32.2. The fourth-order valence-corrected chi connectivity index (χ4v) is 3.24. The first kappa shape index (κ1) is 18.6. The Morgan fingerprint density at radius 1 is 0.852 bits per heavy atom. The summed E-state index contributed by atoms with van der Waals surface area (Å²) in [6.45, 7) is 1.91. The van der Waals surface area contributed by atoms with Crippen molar-refractivity contribution in [1.29, 1.82) is 0 Å². The van der Waals surface area contributed by atoms with Gasteiger partial charge in [-0.1, -0.05) is 84.4 Å². The third-order valence-electron chi connectivity index (χ3n) is 3.92. The third-order valence-corrected chi connectivity index (χ3v) is 5.14. The molecule has 0 aliphatic heterocycles. The van der Waals surface area contributed by atoms with E-state index in [-0.39, 0.29) is 4.90 Å². The van der Waals surface area contributed by atoms with Gasteiger partial charge in [-0.2, -0.15) is 18.4 Å². The molecule has 4 nitrogen and oxygen atoms in total. The Bertz CT molecular complexity index is 1040. The summed E-state index contributed by atoms with van der Waals surface area (Å²) in [5.41, 5.74) is 3.34. The van der Waals surface area contributed by atoms with Crippen molar-refractivity contribution in [2.45, 2.75) is 11.8 Å². The van der Waals surface area contributed by atoms with Gasteiger partial charge in [0.05, 0.1) is 10.6 Å². The van der Waals surface area contributed by atoms with Crippen molar-refractivity contribution in [3.05, 3.63) is 108 Å². The first-order chi connectivity index (χ1) is 13.0. The molecular formula is C22H20N2O2S. The molecule has 5 heteroatoms. The van der Waals surface area contributed by atoms with Crippen molar-refractivity contribution in [2.75, 3.05) is 0 Å². The molecule has 3 aromatic carbocycles. The average Bonchev–Trinajstić information content (AvgIpc) is 2.70. The van der Waals surface area contributed by atoms with Gasteiger partial charge in [-0.3, -0.25) is 0 Å². The monoisotopic (exact) mass is 376 g/mol. The number of nitrogens with one attached hydrogen (secondary N) is 1. The molecule has 1 N–H and O–H groups in total. The minimum absolute atomic E-state index is 0.177. The van der Waals surface area contributed by atoms with Crippen LogP contribution in [0.1, 0.15) is 16.7 Å². The molecule has 0 amide bonds. The van der Waals surface area contributed by atoms with E-state index in [1.807, 2.05) is 73.7 Å². The Labute approximate surface area is 159 Å². The molecule has 0 saturated carbocycles. The normalized spacial score (nSPS) is 12.3. The van der Waals surface area contributed by atoms with E-state index in [2.05, 4.69) is 9.93 Å². The number of hydrazone groups is 1. The number of hydrogen-bond donors (Lipinski definition) is 1. The van der Waals surface area contributed by atoms with Crippen LogP contribution in [0.2, 0.25) is 0 Å². The number of benzene rings is 3. The van der Waals surface area contributed by atoms with Gasteiger partial charge in [-0.15, -0.1) is 0 Å². The zero-order chi connectivity index (χ0) is 19.1. The Hall–Kier alpha value is -3.18. The van der Waals surface area contributed by atoms with Crippen molar-refractivity contribution in [2.24, 2.45) is 5.10 Å². The van der Waals surface area contributed by atoms with Gasteiger partial charge in [-0.25, -0.2) is 0 Å². The van der Waals surface area contributed by atoms with Crippen molar-refractivity contribution in [3.63, 3.8) is 0 Å². The van der Waals surface area contributed by atoms with Gasteiger partial charge < -0.3 is 0 Å². The lowest BCUT2D eigenvalue weighted by atomic mass is 10.1. The van der Waals surface area contributed by atoms with Crippen LogP contribution in [0, 0.1) is 6.92 Å². The van der Waals surface area contributed by atoms with E-state index < -0.39 is 10.0 Å². The maximum Gasteiger partial charge on any atom is 0.276 e. The summed E-state index contributed by atoms with van der Waals surface area (Å²) in [5, 5.41) is 4.17. The highest BCUT2D eigenvalue weighted by molar-refractivity contribution is 7.89. The largest absolute Gasteiger partial charge is 0.276 e. The molecule has 27 heavy (non-hydrogen) atoms. The van der Waals surface area contributed by atoms with Crippen molar-refractivity contribution in [1.82, 2.24) is 4.83 Å². The molecule has 0 bridgehead atoms. The molecule has 0 spiro atoms. The van der Waals surface area contributed by atoms with E-state index in [1.54, 1.807) is 30.3 Å². The van der Waals surface area contributed by atoms with Crippen molar-refractivity contribution in [3.8, 4) is 0 Å². The first-order valence-electron chi connectivity index (χ1n) is 8.49. The fourth-order valence-electron chi connectivity index (χ4n) is 2.43. The second-order valence-corrected chi connectivity index (χ2v) is 7.68. The summed E-state index contributed by atoms with van der Waals surface area (Å²) >= 11 is 0. The number of allylic oxidation sites excluding steroid dienone is 1. The van der Waals surface area contributed by atoms with E-state index >= 15 is 0 Å². The number of aryl methyl sites for hydroxylation is 1. The van der Waals surface area contributed by atoms with E-state index in [0.29, 0.717) is 5.71 Å². The molecule has 0 aliphatic carbocycles. The summed E-state index contributed by atoms with van der Waals surface area (Å²) < 4.78 is 25.0. The predicted octanol–water partition coefficient (Wildman–Crippen LogP) is 4.39. The molecule has 0 atom stereocenters. The van der Waals surface area contributed by atoms with Gasteiger partial charge in [-0.05, 0) is 30.7 Å². The highest BCUT2D eigenvalue weighted by Gasteiger charge is 2.13. The fraction of sp³-hybridized carbons (Fsp3) is 0.0455. The van der Waals surface area contributed by atoms with Crippen LogP contribution in [0.5, 0.6) is 0 Å². The van der Waals surface area contributed by atoms with E-state index in [9.17, 15) is 8.42 Å². The second-order valence-electron chi connectivity index (χ2n) is 6.01. The average molecular weight is 376 g/mol. The van der Waals surface area contributed by atoms with Crippen LogP contribution in [-0.4, -0.2) is 14.1 Å². The SMILES string of the molecule is Cc1ccc(S(=O)(=O)NN=C(C=Cc2ccccc2)c2ccccc2)cc1. The van der Waals surface area contributed by atoms with Crippen molar-refractivity contribution >= 4 is 21.8 Å². The van der Waals surface area contributed by atoms with Crippen molar-refractivity contribution < 1.29 is 8.42 Å². The highest BCUT2D eigenvalue weighted by Crippen LogP contribution is 2.11. The Balaban J connectivity index is 1.90. The molecule has 0 aliphatic rings. The minimum atomic E-state index is -3.73. The van der Waals surface area contributed by atoms with Crippen LogP contribution >= 0.6 is 0 Å². The van der Waals surface area contributed by atoms with Crippen LogP contribution in [0.3, 0.4) is 0 Å². The number of nitrogens with zero attached hydrogens (tertiary/aromatic N) is 1. The molecule has 0 unspecified atom stereocenters. The van der Waals surface area contributed by atoms with Crippen LogP contribution in [0.15, 0.2) is 101 Å². The quantitative estimate of drug-likeness (QED) is 0.512. The maximum absolute atomic E-state index is 12.5. The minimum Gasteiger partial charge on any atom is -0.200 e. The zero-order valence-corrected chi connectivity index (χ0v) is 15.7. The van der Waals surface area contributed by atoms with Crippen LogP contribution < -0.4 is 4.83 Å². The lowest BCUT2D eigenvalue weighted by molar-refractivity contribution is 0.584. The Kier molecular flexibility index (Phi) is 5.84.